The lowest BCUT2D eigenvalue weighted by Gasteiger charge is -2.42. The number of alkyl halides is 2. The first-order chi connectivity index (χ1) is 14.4. The van der Waals surface area contributed by atoms with Crippen molar-refractivity contribution in [2.45, 2.75) is 30.8 Å². The molecule has 0 radical (unpaired) electrons. The first-order valence-corrected chi connectivity index (χ1v) is 10.2. The monoisotopic (exact) mass is 417 g/mol. The Bertz CT molecular complexity index is 967. The summed E-state index contributed by atoms with van der Waals surface area (Å²) in [6.45, 7) is 2.64. The average Bonchev–Trinajstić information content (AvgIpc) is 3.07. The van der Waals surface area contributed by atoms with Gasteiger partial charge in [0.25, 0.3) is 0 Å². The lowest BCUT2D eigenvalue weighted by atomic mass is 9.89. The van der Waals surface area contributed by atoms with Gasteiger partial charge in [-0.3, -0.25) is 9.69 Å². The zero-order valence-electron chi connectivity index (χ0n) is 16.3. The summed E-state index contributed by atoms with van der Waals surface area (Å²) in [7, 11) is 0. The maximum atomic E-state index is 14.7. The van der Waals surface area contributed by atoms with Crippen LogP contribution in [0, 0.1) is 5.82 Å². The molecule has 3 aliphatic heterocycles. The van der Waals surface area contributed by atoms with Crippen LogP contribution in [0.3, 0.4) is 0 Å². The molecule has 2 atom stereocenters. The largest absolute Gasteiger partial charge is 0.494 e. The highest BCUT2D eigenvalue weighted by molar-refractivity contribution is 6.06. The number of carbonyl (C=O) groups is 1. The lowest BCUT2D eigenvalue weighted by Crippen LogP contribution is -2.59. The highest BCUT2D eigenvalue weighted by atomic mass is 19.3. The zero-order valence-corrected chi connectivity index (χ0v) is 16.3. The zero-order chi connectivity index (χ0) is 20.9. The van der Waals surface area contributed by atoms with E-state index in [1.807, 2.05) is 12.1 Å². The molecule has 2 aromatic carbocycles. The van der Waals surface area contributed by atoms with Crippen LogP contribution < -0.4 is 15.0 Å². The molecule has 0 spiro atoms. The summed E-state index contributed by atoms with van der Waals surface area (Å²) in [5.41, 5.74) is 1.82. The molecule has 0 aliphatic carbocycles. The number of likely N-dealkylation sites (tertiary alicyclic amines) is 1. The molecule has 8 heteroatoms. The van der Waals surface area contributed by atoms with E-state index in [2.05, 4.69) is 10.2 Å². The lowest BCUT2D eigenvalue weighted by molar-refractivity contribution is -0.141. The van der Waals surface area contributed by atoms with Crippen molar-refractivity contribution in [2.75, 3.05) is 36.5 Å². The average molecular weight is 417 g/mol. The van der Waals surface area contributed by atoms with E-state index in [4.69, 9.17) is 4.74 Å². The maximum absolute atomic E-state index is 14.7. The molecule has 5 rings (SSSR count). The molecular weight excluding hydrogens is 395 g/mol. The summed E-state index contributed by atoms with van der Waals surface area (Å²) < 4.78 is 48.1. The van der Waals surface area contributed by atoms with Crippen LogP contribution in [0.5, 0.6) is 5.75 Å². The number of nitrogens with one attached hydrogen (secondary N) is 1. The smallest absolute Gasteiger partial charge is 0.405 e. The van der Waals surface area contributed by atoms with Gasteiger partial charge in [0.05, 0.1) is 18.0 Å². The van der Waals surface area contributed by atoms with Crippen LogP contribution >= 0.6 is 0 Å². The van der Waals surface area contributed by atoms with E-state index in [9.17, 15) is 18.0 Å². The number of amides is 1. The Morgan fingerprint density at radius 1 is 1.17 bits per heavy atom. The van der Waals surface area contributed by atoms with Gasteiger partial charge in [-0.25, -0.2) is 4.39 Å². The molecule has 2 aromatic rings. The van der Waals surface area contributed by atoms with Crippen molar-refractivity contribution in [3.63, 3.8) is 0 Å². The third-order valence-electron chi connectivity index (χ3n) is 6.22. The molecule has 3 aliphatic rings. The Kier molecular flexibility index (Phi) is 4.61. The van der Waals surface area contributed by atoms with Gasteiger partial charge in [-0.05, 0) is 48.7 Å². The summed E-state index contributed by atoms with van der Waals surface area (Å²) in [4.78, 5) is 15.3. The quantitative estimate of drug-likeness (QED) is 0.594. The highest BCUT2D eigenvalue weighted by Crippen LogP contribution is 2.54. The molecule has 1 saturated heterocycles. The van der Waals surface area contributed by atoms with Crippen molar-refractivity contribution in [1.82, 2.24) is 4.90 Å². The van der Waals surface area contributed by atoms with Crippen molar-refractivity contribution < 1.29 is 22.7 Å². The van der Waals surface area contributed by atoms with Crippen LogP contribution in [0.1, 0.15) is 24.3 Å². The van der Waals surface area contributed by atoms with Gasteiger partial charge in [0.15, 0.2) is 0 Å². The molecule has 0 aromatic heterocycles. The molecule has 1 N–H and O–H groups in total. The Morgan fingerprint density at radius 3 is 2.77 bits per heavy atom. The van der Waals surface area contributed by atoms with E-state index in [0.717, 1.165) is 23.4 Å². The van der Waals surface area contributed by atoms with E-state index >= 15 is 0 Å². The number of nitrogens with zero attached hydrogens (tertiary/aromatic N) is 2. The topological polar surface area (TPSA) is 44.8 Å². The minimum atomic E-state index is -3.53. The van der Waals surface area contributed by atoms with Gasteiger partial charge in [-0.1, -0.05) is 12.1 Å². The Morgan fingerprint density at radius 2 is 1.97 bits per heavy atom. The van der Waals surface area contributed by atoms with Crippen LogP contribution in [-0.4, -0.2) is 49.1 Å². The molecule has 3 heterocycles. The van der Waals surface area contributed by atoms with Crippen molar-refractivity contribution in [3.05, 3.63) is 53.8 Å². The SMILES string of the molecule is O=C1Nc2cccc3c2N(C2CCN(CCCOc4ccc(F)cc4)CC32)C1(F)F. The van der Waals surface area contributed by atoms with Gasteiger partial charge in [0.1, 0.15) is 11.6 Å². The van der Waals surface area contributed by atoms with Crippen molar-refractivity contribution >= 4 is 17.3 Å². The molecule has 5 nitrogen and oxygen atoms in total. The van der Waals surface area contributed by atoms with Crippen molar-refractivity contribution in [3.8, 4) is 5.75 Å². The second-order valence-electron chi connectivity index (χ2n) is 8.03. The van der Waals surface area contributed by atoms with E-state index < -0.39 is 12.0 Å². The highest BCUT2D eigenvalue weighted by Gasteiger charge is 2.58. The fourth-order valence-corrected chi connectivity index (χ4v) is 4.89. The number of anilines is 2. The summed E-state index contributed by atoms with van der Waals surface area (Å²) in [5, 5.41) is 2.36. The predicted molar refractivity (Wildman–Crippen MR) is 107 cm³/mol. The van der Waals surface area contributed by atoms with Gasteiger partial charge in [0, 0.05) is 31.6 Å². The molecule has 0 bridgehead atoms. The third kappa shape index (κ3) is 3.10. The Balaban J connectivity index is 1.25. The van der Waals surface area contributed by atoms with Crippen LogP contribution in [0.25, 0.3) is 0 Å². The number of para-hydroxylation sites is 1. The normalized spacial score (nSPS) is 24.2. The molecule has 30 heavy (non-hydrogen) atoms. The number of rotatable bonds is 5. The standard InChI is InChI=1S/C22H22F3N3O2/c23-14-5-7-15(8-6-14)30-12-2-10-27-11-9-19-17(13-27)16-3-1-4-18-20(16)28(19)22(24,25)21(29)26-18/h1,3-8,17,19H,2,9-13H2,(H,26,29). The second-order valence-corrected chi connectivity index (χ2v) is 8.03. The van der Waals surface area contributed by atoms with Gasteiger partial charge in [0.2, 0.25) is 0 Å². The molecular formula is C22H22F3N3O2. The number of benzene rings is 2. The fourth-order valence-electron chi connectivity index (χ4n) is 4.89. The van der Waals surface area contributed by atoms with Gasteiger partial charge in [-0.15, -0.1) is 0 Å². The van der Waals surface area contributed by atoms with Crippen LogP contribution in [0.15, 0.2) is 42.5 Å². The molecule has 1 fully saturated rings. The number of ether oxygens (including phenoxy) is 1. The number of hydrogen-bond acceptors (Lipinski definition) is 4. The van der Waals surface area contributed by atoms with E-state index in [1.54, 1.807) is 18.2 Å². The van der Waals surface area contributed by atoms with Gasteiger partial charge < -0.3 is 15.0 Å². The van der Waals surface area contributed by atoms with Crippen LogP contribution in [0.4, 0.5) is 24.5 Å². The predicted octanol–water partition coefficient (Wildman–Crippen LogP) is 3.82. The Labute approximate surface area is 172 Å². The third-order valence-corrected chi connectivity index (χ3v) is 6.22. The van der Waals surface area contributed by atoms with Gasteiger partial charge >= 0.3 is 12.0 Å². The first kappa shape index (κ1) is 19.2. The number of fused-ring (bicyclic) bond motifs is 3. The van der Waals surface area contributed by atoms with Gasteiger partial charge in [-0.2, -0.15) is 8.78 Å². The first-order valence-electron chi connectivity index (χ1n) is 10.2. The number of piperidine rings is 1. The van der Waals surface area contributed by atoms with Crippen LogP contribution in [0.2, 0.25) is 0 Å². The number of hydrogen-bond donors (Lipinski definition) is 1. The summed E-state index contributed by atoms with van der Waals surface area (Å²) in [6.07, 6.45) is 1.35. The van der Waals surface area contributed by atoms with Crippen molar-refractivity contribution in [1.29, 1.82) is 0 Å². The minimum absolute atomic E-state index is 0.0645. The number of carbonyl (C=O) groups excluding carboxylic acids is 1. The minimum Gasteiger partial charge on any atom is -0.494 e. The second kappa shape index (κ2) is 7.19. The van der Waals surface area contributed by atoms with E-state index in [-0.39, 0.29) is 17.8 Å². The summed E-state index contributed by atoms with van der Waals surface area (Å²) >= 11 is 0. The molecule has 0 saturated carbocycles. The molecule has 2 unspecified atom stereocenters. The van der Waals surface area contributed by atoms with E-state index in [1.165, 1.54) is 12.1 Å². The van der Waals surface area contributed by atoms with Crippen molar-refractivity contribution in [2.24, 2.45) is 0 Å². The Hall–Kier alpha value is -2.74. The fraction of sp³-hybridized carbons (Fsp3) is 0.409. The summed E-state index contributed by atoms with van der Waals surface area (Å²) in [6, 6.07) is 7.39. The number of halogens is 3. The molecule has 158 valence electrons. The molecule has 1 amide bonds. The maximum Gasteiger partial charge on any atom is 0.405 e. The van der Waals surface area contributed by atoms with E-state index in [0.29, 0.717) is 43.2 Å². The van der Waals surface area contributed by atoms with Crippen LogP contribution in [-0.2, 0) is 4.79 Å². The summed E-state index contributed by atoms with van der Waals surface area (Å²) in [5.74, 6) is -0.995.